The summed E-state index contributed by atoms with van der Waals surface area (Å²) in [6, 6.07) is 0. The van der Waals surface area contributed by atoms with Gasteiger partial charge in [0.25, 0.3) is 0 Å². The van der Waals surface area contributed by atoms with E-state index in [9.17, 15) is 9.46 Å². The molecule has 2 heterocycles. The smallest absolute Gasteiger partial charge is 0.246 e. The second-order valence-electron chi connectivity index (χ2n) is 10.4. The number of nitrogen functional groups attached to an aromatic ring is 1. The van der Waals surface area contributed by atoms with Gasteiger partial charge in [-0.25, -0.2) is 9.98 Å². The molecule has 0 spiro atoms. The predicted molar refractivity (Wildman–Crippen MR) is 127 cm³/mol. The van der Waals surface area contributed by atoms with Crippen LogP contribution >= 0.6 is 7.37 Å². The number of hydrogen-bond donors (Lipinski definition) is 2. The lowest BCUT2D eigenvalue weighted by Crippen LogP contribution is -2.41. The Hall–Kier alpha value is -1.98. The molecule has 0 radical (unpaired) electrons. The first kappa shape index (κ1) is 21.8. The Balaban J connectivity index is 1.23. The lowest BCUT2D eigenvalue weighted by molar-refractivity contribution is 0.171. The van der Waals surface area contributed by atoms with Crippen LogP contribution in [0.1, 0.15) is 58.8 Å². The maximum atomic E-state index is 12.5. The van der Waals surface area contributed by atoms with Crippen LogP contribution < -0.4 is 10.5 Å². The number of aromatic nitrogens is 2. The van der Waals surface area contributed by atoms with Gasteiger partial charge < -0.3 is 15.4 Å². The highest BCUT2D eigenvalue weighted by atomic mass is 31.2. The first-order valence-electron chi connectivity index (χ1n) is 11.8. The van der Waals surface area contributed by atoms with Crippen LogP contribution in [0, 0.1) is 17.8 Å². The molecular weight excluding hydrogens is 423 g/mol. The average Bonchev–Trinajstić information content (AvgIpc) is 3.60. The summed E-state index contributed by atoms with van der Waals surface area (Å²) < 4.78 is 18.6. The van der Waals surface area contributed by atoms with Gasteiger partial charge in [-0.15, -0.1) is 0 Å². The van der Waals surface area contributed by atoms with Gasteiger partial charge in [0.2, 0.25) is 13.2 Å². The van der Waals surface area contributed by atoms with Crippen LogP contribution in [-0.2, 0) is 4.57 Å². The van der Waals surface area contributed by atoms with Crippen molar-refractivity contribution in [2.45, 2.75) is 70.1 Å². The third-order valence-electron chi connectivity index (χ3n) is 7.50. The van der Waals surface area contributed by atoms with E-state index in [4.69, 9.17) is 15.5 Å². The molecule has 5 rings (SSSR count). The van der Waals surface area contributed by atoms with Crippen LogP contribution in [0.2, 0.25) is 0 Å². The second kappa shape index (κ2) is 8.11. The number of anilines is 1. The lowest BCUT2D eigenvalue weighted by Gasteiger charge is -2.36. The zero-order valence-corrected chi connectivity index (χ0v) is 19.8. The number of nitrogens with two attached hydrogens (primary N) is 1. The van der Waals surface area contributed by atoms with E-state index in [0.29, 0.717) is 41.3 Å². The normalized spacial score (nSPS) is 31.0. The summed E-state index contributed by atoms with van der Waals surface area (Å²) in [7, 11) is -2.90. The number of aliphatic imine (C=N–C) groups is 1. The van der Waals surface area contributed by atoms with Crippen molar-refractivity contribution in [1.82, 2.24) is 9.97 Å². The zero-order chi connectivity index (χ0) is 22.5. The second-order valence-corrected chi connectivity index (χ2v) is 13.0. The van der Waals surface area contributed by atoms with Crippen molar-refractivity contribution in [2.24, 2.45) is 22.7 Å². The minimum atomic E-state index is -2.90. The highest BCUT2D eigenvalue weighted by Gasteiger charge is 2.42. The highest BCUT2D eigenvalue weighted by Crippen LogP contribution is 2.59. The SMILES string of the molecule is CC1(C)Oc2ncnc(N)c2N=C1C1=CCC([C@H]2CC[C@H](CP(=O)(O)C3CC3)CC2)C=C1. The average molecular weight is 457 g/mol. The van der Waals surface area contributed by atoms with Gasteiger partial charge in [0.1, 0.15) is 11.9 Å². The molecule has 0 aromatic carbocycles. The molecule has 2 atom stereocenters. The zero-order valence-electron chi connectivity index (χ0n) is 18.9. The Morgan fingerprint density at radius 2 is 1.94 bits per heavy atom. The summed E-state index contributed by atoms with van der Waals surface area (Å²) in [6.07, 6.45) is 16.0. The van der Waals surface area contributed by atoms with E-state index < -0.39 is 13.0 Å². The van der Waals surface area contributed by atoms with E-state index >= 15 is 0 Å². The summed E-state index contributed by atoms with van der Waals surface area (Å²) in [5.74, 6) is 2.32. The van der Waals surface area contributed by atoms with Gasteiger partial charge >= 0.3 is 0 Å². The number of allylic oxidation sites excluding steroid dienone is 3. The van der Waals surface area contributed by atoms with E-state index in [0.717, 1.165) is 56.2 Å². The van der Waals surface area contributed by atoms with Gasteiger partial charge in [0.05, 0.1) is 5.71 Å². The molecule has 1 aromatic heterocycles. The van der Waals surface area contributed by atoms with Crippen molar-refractivity contribution in [3.63, 3.8) is 0 Å². The van der Waals surface area contributed by atoms with E-state index in [1.807, 2.05) is 13.8 Å². The van der Waals surface area contributed by atoms with Crippen LogP contribution in [-0.4, -0.2) is 38.0 Å². The quantitative estimate of drug-likeness (QED) is 0.600. The minimum Gasteiger partial charge on any atom is -0.463 e. The molecule has 3 aliphatic carbocycles. The van der Waals surface area contributed by atoms with Crippen molar-refractivity contribution >= 4 is 24.6 Å². The number of fused-ring (bicyclic) bond motifs is 1. The van der Waals surface area contributed by atoms with E-state index in [1.54, 1.807) is 0 Å². The fourth-order valence-corrected chi connectivity index (χ4v) is 7.82. The molecule has 8 heteroatoms. The number of rotatable bonds is 5. The Morgan fingerprint density at radius 1 is 1.19 bits per heavy atom. The number of nitrogens with zero attached hydrogens (tertiary/aromatic N) is 3. The fraction of sp³-hybridized carbons (Fsp3) is 0.625. The summed E-state index contributed by atoms with van der Waals surface area (Å²) in [5, 5.41) is 0. The molecule has 172 valence electrons. The molecule has 4 aliphatic rings. The first-order valence-corrected chi connectivity index (χ1v) is 13.7. The minimum absolute atomic E-state index is 0.106. The maximum Gasteiger partial charge on any atom is 0.246 e. The topological polar surface area (TPSA) is 111 Å². The Kier molecular flexibility index (Phi) is 5.53. The van der Waals surface area contributed by atoms with Gasteiger partial charge in [0.15, 0.2) is 11.5 Å². The molecule has 3 N–H and O–H groups in total. The fourth-order valence-electron chi connectivity index (χ4n) is 5.46. The summed E-state index contributed by atoms with van der Waals surface area (Å²) in [6.45, 7) is 3.99. The van der Waals surface area contributed by atoms with Gasteiger partial charge in [0, 0.05) is 11.8 Å². The maximum absolute atomic E-state index is 12.5. The van der Waals surface area contributed by atoms with Crippen LogP contribution in [0.25, 0.3) is 0 Å². The van der Waals surface area contributed by atoms with Crippen LogP contribution in [0.3, 0.4) is 0 Å². The first-order chi connectivity index (χ1) is 15.2. The molecule has 0 amide bonds. The molecule has 0 saturated heterocycles. The summed E-state index contributed by atoms with van der Waals surface area (Å²) >= 11 is 0. The number of hydrogen-bond acceptors (Lipinski definition) is 6. The third kappa shape index (κ3) is 4.29. The predicted octanol–water partition coefficient (Wildman–Crippen LogP) is 5.04. The standard InChI is InChI=1S/C24H33N4O3P/c1-24(2)21(28-20-22(25)26-14-27-23(20)31-24)18-9-7-17(8-10-18)16-5-3-15(4-6-16)13-32(29,30)19-11-12-19/h7,9-10,14-17,19H,3-6,8,11-13H2,1-2H3,(H,29,30)(H2,25,26,27)/t15-,16-,17?. The van der Waals surface area contributed by atoms with Gasteiger partial charge in [-0.3, -0.25) is 4.57 Å². The molecule has 7 nitrogen and oxygen atoms in total. The van der Waals surface area contributed by atoms with Crippen molar-refractivity contribution in [1.29, 1.82) is 0 Å². The van der Waals surface area contributed by atoms with Crippen LogP contribution in [0.5, 0.6) is 5.88 Å². The Morgan fingerprint density at radius 3 is 2.59 bits per heavy atom. The molecule has 32 heavy (non-hydrogen) atoms. The highest BCUT2D eigenvalue weighted by molar-refractivity contribution is 7.59. The summed E-state index contributed by atoms with van der Waals surface area (Å²) in [4.78, 5) is 23.3. The molecule has 2 unspecified atom stereocenters. The monoisotopic (exact) mass is 456 g/mol. The van der Waals surface area contributed by atoms with Gasteiger partial charge in [-0.05, 0) is 82.1 Å². The molecule has 2 fully saturated rings. The molecule has 2 saturated carbocycles. The Bertz CT molecular complexity index is 1040. The number of ether oxygens (including phenoxy) is 1. The van der Waals surface area contributed by atoms with Crippen molar-refractivity contribution in [2.75, 3.05) is 11.9 Å². The summed E-state index contributed by atoms with van der Waals surface area (Å²) in [5.41, 5.74) is 7.93. The van der Waals surface area contributed by atoms with Crippen LogP contribution in [0.4, 0.5) is 11.5 Å². The van der Waals surface area contributed by atoms with Crippen molar-refractivity contribution < 1.29 is 14.2 Å². The van der Waals surface area contributed by atoms with E-state index in [-0.39, 0.29) is 5.66 Å². The molecule has 1 aromatic rings. The van der Waals surface area contributed by atoms with Crippen LogP contribution in [0.15, 0.2) is 35.1 Å². The largest absolute Gasteiger partial charge is 0.463 e. The Labute approximate surface area is 189 Å². The van der Waals surface area contributed by atoms with Gasteiger partial charge in [-0.2, -0.15) is 4.98 Å². The molecular formula is C24H33N4O3P. The molecule has 1 aliphatic heterocycles. The third-order valence-corrected chi connectivity index (χ3v) is 10.2. The van der Waals surface area contributed by atoms with Crippen molar-refractivity contribution in [3.8, 4) is 5.88 Å². The lowest BCUT2D eigenvalue weighted by atomic mass is 9.73. The van der Waals surface area contributed by atoms with E-state index in [2.05, 4.69) is 28.2 Å². The van der Waals surface area contributed by atoms with E-state index in [1.165, 1.54) is 6.33 Å². The molecule has 0 bridgehead atoms. The van der Waals surface area contributed by atoms with Crippen molar-refractivity contribution in [3.05, 3.63) is 30.1 Å². The van der Waals surface area contributed by atoms with Gasteiger partial charge in [-0.1, -0.05) is 18.2 Å².